The standard InChI is InChI=1S/C25H26N2O5/c1-4-26(5-2)14-15-27-21(16-10-12-17(13-11-16)25(30)31-3)20-22(28)18-8-6-7-9-19(18)32-23(20)24(27)29/h6-13,21H,4-5,14-15H2,1-3H3/p+1/t21-/m1/s1. The number of quaternary nitrogens is 1. The van der Waals surface area contributed by atoms with Gasteiger partial charge in [0, 0.05) is 0 Å². The molecule has 0 spiro atoms. The number of carbonyl (C=O) groups excluding carboxylic acids is 2. The molecule has 4 rings (SSSR count). The third-order valence-electron chi connectivity index (χ3n) is 6.23. The number of ether oxygens (including phenoxy) is 1. The first-order valence-electron chi connectivity index (χ1n) is 10.9. The van der Waals surface area contributed by atoms with Crippen LogP contribution in [0, 0.1) is 0 Å². The van der Waals surface area contributed by atoms with Crippen LogP contribution in [0.1, 0.15) is 51.9 Å². The number of methoxy groups -OCH3 is 1. The zero-order chi connectivity index (χ0) is 22.8. The number of carbonyl (C=O) groups is 2. The van der Waals surface area contributed by atoms with E-state index in [1.165, 1.54) is 12.0 Å². The Balaban J connectivity index is 1.83. The van der Waals surface area contributed by atoms with Crippen LogP contribution in [-0.4, -0.2) is 50.1 Å². The average Bonchev–Trinajstić information content (AvgIpc) is 3.11. The monoisotopic (exact) mass is 435 g/mol. The van der Waals surface area contributed by atoms with E-state index >= 15 is 0 Å². The summed E-state index contributed by atoms with van der Waals surface area (Å²) in [6.45, 7) is 7.37. The van der Waals surface area contributed by atoms with Gasteiger partial charge in [-0.15, -0.1) is 0 Å². The molecule has 2 heterocycles. The summed E-state index contributed by atoms with van der Waals surface area (Å²) >= 11 is 0. The molecule has 1 aliphatic rings. The predicted octanol–water partition coefficient (Wildman–Crippen LogP) is 2.05. The van der Waals surface area contributed by atoms with Crippen LogP contribution in [0.25, 0.3) is 11.0 Å². The highest BCUT2D eigenvalue weighted by Gasteiger charge is 2.42. The van der Waals surface area contributed by atoms with Crippen molar-refractivity contribution in [2.45, 2.75) is 19.9 Å². The Morgan fingerprint density at radius 3 is 2.41 bits per heavy atom. The Hall–Kier alpha value is -3.45. The van der Waals surface area contributed by atoms with Crippen LogP contribution in [0.5, 0.6) is 0 Å². The van der Waals surface area contributed by atoms with Gasteiger partial charge in [0.1, 0.15) is 5.58 Å². The normalized spacial score (nSPS) is 15.4. The molecular weight excluding hydrogens is 408 g/mol. The Bertz CT molecular complexity index is 1210. The number of rotatable bonds is 7. The van der Waals surface area contributed by atoms with E-state index < -0.39 is 12.0 Å². The lowest BCUT2D eigenvalue weighted by Crippen LogP contribution is -3.12. The number of fused-ring (bicyclic) bond motifs is 2. The van der Waals surface area contributed by atoms with E-state index in [1.807, 2.05) is 0 Å². The smallest absolute Gasteiger partial charge is 0.337 e. The maximum absolute atomic E-state index is 13.4. The number of benzene rings is 2. The van der Waals surface area contributed by atoms with Crippen molar-refractivity contribution >= 4 is 22.8 Å². The second kappa shape index (κ2) is 8.96. The van der Waals surface area contributed by atoms with Crippen molar-refractivity contribution in [3.63, 3.8) is 0 Å². The number of amides is 1. The summed E-state index contributed by atoms with van der Waals surface area (Å²) in [5.74, 6) is -0.617. The van der Waals surface area contributed by atoms with Crippen LogP contribution >= 0.6 is 0 Å². The highest BCUT2D eigenvalue weighted by molar-refractivity contribution is 5.99. The predicted molar refractivity (Wildman–Crippen MR) is 120 cm³/mol. The molecule has 1 aromatic heterocycles. The summed E-state index contributed by atoms with van der Waals surface area (Å²) in [6, 6.07) is 13.3. The summed E-state index contributed by atoms with van der Waals surface area (Å²) in [6.07, 6.45) is 0. The highest BCUT2D eigenvalue weighted by atomic mass is 16.5. The van der Waals surface area contributed by atoms with Crippen LogP contribution in [0.15, 0.2) is 57.7 Å². The number of hydrogen-bond acceptors (Lipinski definition) is 5. The summed E-state index contributed by atoms with van der Waals surface area (Å²) in [7, 11) is 1.33. The van der Waals surface area contributed by atoms with Crippen LogP contribution in [0.4, 0.5) is 0 Å². The van der Waals surface area contributed by atoms with Gasteiger partial charge in [-0.3, -0.25) is 9.59 Å². The van der Waals surface area contributed by atoms with E-state index in [1.54, 1.807) is 53.4 Å². The molecule has 1 atom stereocenters. The van der Waals surface area contributed by atoms with Crippen LogP contribution in [-0.2, 0) is 4.74 Å². The van der Waals surface area contributed by atoms with Crippen molar-refractivity contribution in [3.05, 3.63) is 81.2 Å². The molecule has 1 N–H and O–H groups in total. The van der Waals surface area contributed by atoms with Gasteiger partial charge in [-0.25, -0.2) is 4.79 Å². The van der Waals surface area contributed by atoms with E-state index in [9.17, 15) is 14.4 Å². The van der Waals surface area contributed by atoms with Crippen LogP contribution in [0.2, 0.25) is 0 Å². The van der Waals surface area contributed by atoms with Gasteiger partial charge in [0.2, 0.25) is 5.76 Å². The topological polar surface area (TPSA) is 81.3 Å². The zero-order valence-electron chi connectivity index (χ0n) is 18.5. The van der Waals surface area contributed by atoms with Crippen molar-refractivity contribution in [2.75, 3.05) is 33.3 Å². The minimum atomic E-state index is -0.569. The third-order valence-corrected chi connectivity index (χ3v) is 6.23. The number of likely N-dealkylation sites (N-methyl/N-ethyl adjacent to an activating group) is 1. The largest absolute Gasteiger partial charge is 0.465 e. The fraction of sp³-hybridized carbons (Fsp3) is 0.320. The number of hydrogen-bond donors (Lipinski definition) is 1. The van der Waals surface area contributed by atoms with Crippen molar-refractivity contribution in [3.8, 4) is 0 Å². The van der Waals surface area contributed by atoms with E-state index in [2.05, 4.69) is 13.8 Å². The van der Waals surface area contributed by atoms with Gasteiger partial charge in [0.05, 0.1) is 55.8 Å². The van der Waals surface area contributed by atoms with Gasteiger partial charge < -0.3 is 19.0 Å². The van der Waals surface area contributed by atoms with Crippen molar-refractivity contribution < 1.29 is 23.6 Å². The van der Waals surface area contributed by atoms with Gasteiger partial charge in [-0.2, -0.15) is 0 Å². The molecule has 32 heavy (non-hydrogen) atoms. The first-order valence-corrected chi connectivity index (χ1v) is 10.9. The van der Waals surface area contributed by atoms with E-state index in [4.69, 9.17) is 9.15 Å². The fourth-order valence-electron chi connectivity index (χ4n) is 4.35. The summed E-state index contributed by atoms with van der Waals surface area (Å²) in [5.41, 5.74) is 1.72. The molecule has 1 aliphatic heterocycles. The first kappa shape index (κ1) is 21.8. The minimum absolute atomic E-state index is 0.102. The lowest BCUT2D eigenvalue weighted by atomic mass is 9.97. The molecule has 7 nitrogen and oxygen atoms in total. The summed E-state index contributed by atoms with van der Waals surface area (Å²) in [5, 5.41) is 0.450. The van der Waals surface area contributed by atoms with Crippen molar-refractivity contribution in [1.82, 2.24) is 4.90 Å². The minimum Gasteiger partial charge on any atom is -0.465 e. The maximum atomic E-state index is 13.4. The van der Waals surface area contributed by atoms with E-state index in [-0.39, 0.29) is 17.1 Å². The number of esters is 1. The fourth-order valence-corrected chi connectivity index (χ4v) is 4.35. The second-order valence-electron chi connectivity index (χ2n) is 7.89. The quantitative estimate of drug-likeness (QED) is 0.575. The Labute approximate surface area is 186 Å². The second-order valence-corrected chi connectivity index (χ2v) is 7.89. The lowest BCUT2D eigenvalue weighted by Gasteiger charge is -2.26. The molecule has 2 aromatic carbocycles. The molecule has 1 amide bonds. The van der Waals surface area contributed by atoms with Gasteiger partial charge in [-0.05, 0) is 43.7 Å². The van der Waals surface area contributed by atoms with Crippen molar-refractivity contribution in [1.29, 1.82) is 0 Å². The van der Waals surface area contributed by atoms with Crippen LogP contribution in [0.3, 0.4) is 0 Å². The molecule has 7 heteroatoms. The van der Waals surface area contributed by atoms with Gasteiger partial charge in [0.25, 0.3) is 5.91 Å². The molecule has 0 bridgehead atoms. The van der Waals surface area contributed by atoms with Crippen molar-refractivity contribution in [2.24, 2.45) is 0 Å². The number of nitrogens with zero attached hydrogens (tertiary/aromatic N) is 1. The van der Waals surface area contributed by atoms with Gasteiger partial charge >= 0.3 is 5.97 Å². The average molecular weight is 436 g/mol. The molecule has 0 saturated carbocycles. The van der Waals surface area contributed by atoms with Gasteiger partial charge in [-0.1, -0.05) is 24.3 Å². The van der Waals surface area contributed by atoms with Gasteiger partial charge in [0.15, 0.2) is 5.43 Å². The third kappa shape index (κ3) is 3.69. The molecule has 0 unspecified atom stereocenters. The lowest BCUT2D eigenvalue weighted by molar-refractivity contribution is -0.895. The SMILES string of the molecule is CC[NH+](CC)CCN1C(=O)c2oc3ccccc3c(=O)c2[C@H]1c1ccc(C(=O)OC)cc1. The highest BCUT2D eigenvalue weighted by Crippen LogP contribution is 2.37. The molecule has 166 valence electrons. The van der Waals surface area contributed by atoms with E-state index in [0.717, 1.165) is 25.2 Å². The molecular formula is C25H27N2O5+. The summed E-state index contributed by atoms with van der Waals surface area (Å²) in [4.78, 5) is 41.8. The zero-order valence-corrected chi connectivity index (χ0v) is 18.5. The molecule has 0 aliphatic carbocycles. The Morgan fingerprint density at radius 1 is 1.06 bits per heavy atom. The number of para-hydroxylation sites is 1. The molecule has 0 fully saturated rings. The Kier molecular flexibility index (Phi) is 6.10. The Morgan fingerprint density at radius 2 is 1.75 bits per heavy atom. The summed E-state index contributed by atoms with van der Waals surface area (Å²) < 4.78 is 10.7. The van der Waals surface area contributed by atoms with E-state index in [0.29, 0.717) is 28.6 Å². The van der Waals surface area contributed by atoms with Crippen LogP contribution < -0.4 is 10.3 Å². The first-order chi connectivity index (χ1) is 15.5. The molecule has 3 aromatic rings. The molecule has 0 saturated heterocycles. The molecule has 0 radical (unpaired) electrons. The number of nitrogens with one attached hydrogen (secondary N) is 1. The maximum Gasteiger partial charge on any atom is 0.337 e.